The average molecular weight is 229 g/mol. The highest BCUT2D eigenvalue weighted by atomic mass is 16.4. The average Bonchev–Trinajstić information content (AvgIpc) is 2.42. The molecule has 16 heavy (non-hydrogen) atoms. The number of likely N-dealkylation sites (N-methyl/N-ethyl adjacent to an activating group) is 1. The highest BCUT2D eigenvalue weighted by molar-refractivity contribution is 6.04. The zero-order valence-corrected chi connectivity index (χ0v) is 8.60. The van der Waals surface area contributed by atoms with Crippen molar-refractivity contribution in [2.45, 2.75) is 0 Å². The van der Waals surface area contributed by atoms with Gasteiger partial charge < -0.3 is 15.3 Å². The SMILES string of the molecule is CN1CC(=O)N(CC(=O)NCC(=O)O)C1=O. The third-order valence-electron chi connectivity index (χ3n) is 1.97. The number of carbonyl (C=O) groups is 4. The standard InChI is InChI=1S/C8H11N3O5/c1-10-4-6(13)11(8(10)16)3-5(12)9-2-7(14)15/h2-4H2,1H3,(H,9,12)(H,14,15). The van der Waals surface area contributed by atoms with E-state index < -0.39 is 36.9 Å². The predicted octanol–water partition coefficient (Wildman–Crippen LogP) is -1.92. The lowest BCUT2D eigenvalue weighted by atomic mass is 10.4. The highest BCUT2D eigenvalue weighted by Gasteiger charge is 2.34. The summed E-state index contributed by atoms with van der Waals surface area (Å²) in [5.41, 5.74) is 0. The molecule has 0 aromatic carbocycles. The quantitative estimate of drug-likeness (QED) is 0.546. The number of amides is 4. The molecule has 8 nitrogen and oxygen atoms in total. The lowest BCUT2D eigenvalue weighted by Gasteiger charge is -2.13. The van der Waals surface area contributed by atoms with E-state index in [-0.39, 0.29) is 6.54 Å². The number of nitrogens with zero attached hydrogens (tertiary/aromatic N) is 2. The lowest BCUT2D eigenvalue weighted by molar-refractivity contribution is -0.138. The molecule has 1 rings (SSSR count). The van der Waals surface area contributed by atoms with E-state index in [1.165, 1.54) is 11.9 Å². The summed E-state index contributed by atoms with van der Waals surface area (Å²) in [6.45, 7) is -1.05. The van der Waals surface area contributed by atoms with Gasteiger partial charge in [-0.2, -0.15) is 0 Å². The molecule has 1 fully saturated rings. The fraction of sp³-hybridized carbons (Fsp3) is 0.500. The van der Waals surface area contributed by atoms with Gasteiger partial charge in [0, 0.05) is 7.05 Å². The van der Waals surface area contributed by atoms with Gasteiger partial charge in [-0.3, -0.25) is 19.3 Å². The topological polar surface area (TPSA) is 107 Å². The molecule has 0 saturated carbocycles. The van der Waals surface area contributed by atoms with Crippen LogP contribution in [0, 0.1) is 0 Å². The van der Waals surface area contributed by atoms with Crippen molar-refractivity contribution in [1.29, 1.82) is 0 Å². The summed E-state index contributed by atoms with van der Waals surface area (Å²) in [7, 11) is 1.44. The molecular formula is C8H11N3O5. The molecule has 0 aromatic heterocycles. The maximum Gasteiger partial charge on any atom is 0.327 e. The van der Waals surface area contributed by atoms with Crippen LogP contribution in [0.15, 0.2) is 0 Å². The molecule has 0 unspecified atom stereocenters. The number of carboxylic acids is 1. The van der Waals surface area contributed by atoms with Crippen molar-refractivity contribution >= 4 is 23.8 Å². The molecule has 0 aromatic rings. The van der Waals surface area contributed by atoms with Crippen LogP contribution in [-0.2, 0) is 14.4 Å². The number of aliphatic carboxylic acids is 1. The second-order valence-corrected chi connectivity index (χ2v) is 3.29. The Morgan fingerprint density at radius 1 is 1.44 bits per heavy atom. The van der Waals surface area contributed by atoms with Crippen LogP contribution < -0.4 is 5.32 Å². The summed E-state index contributed by atoms with van der Waals surface area (Å²) in [5.74, 6) is -2.35. The van der Waals surface area contributed by atoms with Crippen molar-refractivity contribution in [1.82, 2.24) is 15.1 Å². The van der Waals surface area contributed by atoms with E-state index in [4.69, 9.17) is 5.11 Å². The van der Waals surface area contributed by atoms with Crippen molar-refractivity contribution in [2.24, 2.45) is 0 Å². The molecule has 88 valence electrons. The van der Waals surface area contributed by atoms with Crippen molar-refractivity contribution in [3.8, 4) is 0 Å². The van der Waals surface area contributed by atoms with Crippen molar-refractivity contribution in [3.63, 3.8) is 0 Å². The molecular weight excluding hydrogens is 218 g/mol. The Labute approximate surface area is 90.8 Å². The van der Waals surface area contributed by atoms with Gasteiger partial charge in [0.15, 0.2) is 0 Å². The zero-order chi connectivity index (χ0) is 12.3. The van der Waals surface area contributed by atoms with Gasteiger partial charge in [-0.1, -0.05) is 0 Å². The van der Waals surface area contributed by atoms with Crippen molar-refractivity contribution in [2.75, 3.05) is 26.7 Å². The van der Waals surface area contributed by atoms with Crippen LogP contribution in [0.2, 0.25) is 0 Å². The van der Waals surface area contributed by atoms with Gasteiger partial charge in [-0.15, -0.1) is 0 Å². The summed E-state index contributed by atoms with van der Waals surface area (Å²) in [5, 5.41) is 10.4. The molecule has 0 bridgehead atoms. The molecule has 0 spiro atoms. The number of hydrogen-bond donors (Lipinski definition) is 2. The van der Waals surface area contributed by atoms with Crippen LogP contribution in [0.5, 0.6) is 0 Å². The number of rotatable bonds is 4. The Morgan fingerprint density at radius 3 is 2.50 bits per heavy atom. The molecule has 1 aliphatic heterocycles. The van der Waals surface area contributed by atoms with E-state index in [2.05, 4.69) is 5.32 Å². The Kier molecular flexibility index (Phi) is 3.44. The van der Waals surface area contributed by atoms with Crippen LogP contribution in [0.4, 0.5) is 4.79 Å². The van der Waals surface area contributed by atoms with Crippen molar-refractivity contribution in [3.05, 3.63) is 0 Å². The van der Waals surface area contributed by atoms with Gasteiger partial charge in [0.05, 0.1) is 0 Å². The third kappa shape index (κ3) is 2.69. The third-order valence-corrected chi connectivity index (χ3v) is 1.97. The minimum atomic E-state index is -1.19. The highest BCUT2D eigenvalue weighted by Crippen LogP contribution is 2.06. The number of hydrogen-bond acceptors (Lipinski definition) is 4. The minimum Gasteiger partial charge on any atom is -0.480 e. The normalized spacial score (nSPS) is 15.6. The molecule has 1 aliphatic rings. The first kappa shape index (κ1) is 12.0. The second-order valence-electron chi connectivity index (χ2n) is 3.29. The van der Waals surface area contributed by atoms with Gasteiger partial charge in [0.1, 0.15) is 19.6 Å². The predicted molar refractivity (Wildman–Crippen MR) is 50.4 cm³/mol. The molecule has 1 saturated heterocycles. The van der Waals surface area contributed by atoms with Gasteiger partial charge in [0.2, 0.25) is 5.91 Å². The first-order chi connectivity index (χ1) is 7.41. The first-order valence-corrected chi connectivity index (χ1v) is 4.45. The van der Waals surface area contributed by atoms with E-state index in [9.17, 15) is 19.2 Å². The Bertz CT molecular complexity index is 354. The van der Waals surface area contributed by atoms with Gasteiger partial charge >= 0.3 is 12.0 Å². The molecule has 1 heterocycles. The second kappa shape index (κ2) is 4.60. The van der Waals surface area contributed by atoms with E-state index in [0.717, 1.165) is 4.90 Å². The fourth-order valence-electron chi connectivity index (χ4n) is 1.20. The number of carboxylic acid groups (broad SMARTS) is 1. The molecule has 0 atom stereocenters. The van der Waals surface area contributed by atoms with E-state index in [1.54, 1.807) is 0 Å². The maximum atomic E-state index is 11.3. The van der Waals surface area contributed by atoms with Gasteiger partial charge in [-0.05, 0) is 0 Å². The summed E-state index contributed by atoms with van der Waals surface area (Å²) in [4.78, 5) is 45.8. The molecule has 0 aliphatic carbocycles. The Hall–Kier alpha value is -2.12. The number of urea groups is 1. The Balaban J connectivity index is 2.48. The summed E-state index contributed by atoms with van der Waals surface area (Å²) >= 11 is 0. The largest absolute Gasteiger partial charge is 0.480 e. The molecule has 8 heteroatoms. The smallest absolute Gasteiger partial charge is 0.327 e. The van der Waals surface area contributed by atoms with Gasteiger partial charge in [0.25, 0.3) is 5.91 Å². The van der Waals surface area contributed by atoms with Crippen LogP contribution in [0.1, 0.15) is 0 Å². The number of nitrogens with one attached hydrogen (secondary N) is 1. The number of imide groups is 1. The molecule has 2 N–H and O–H groups in total. The monoisotopic (exact) mass is 229 g/mol. The van der Waals surface area contributed by atoms with E-state index in [0.29, 0.717) is 0 Å². The maximum absolute atomic E-state index is 11.3. The Morgan fingerprint density at radius 2 is 2.06 bits per heavy atom. The number of carbonyl (C=O) groups excluding carboxylic acids is 3. The first-order valence-electron chi connectivity index (χ1n) is 4.45. The summed E-state index contributed by atoms with van der Waals surface area (Å²) in [6.07, 6.45) is 0. The zero-order valence-electron chi connectivity index (χ0n) is 8.60. The van der Waals surface area contributed by atoms with Crippen molar-refractivity contribution < 1.29 is 24.3 Å². The van der Waals surface area contributed by atoms with Crippen LogP contribution >= 0.6 is 0 Å². The van der Waals surface area contributed by atoms with Gasteiger partial charge in [-0.25, -0.2) is 4.79 Å². The van der Waals surface area contributed by atoms with E-state index in [1.807, 2.05) is 0 Å². The van der Waals surface area contributed by atoms with Crippen LogP contribution in [0.3, 0.4) is 0 Å². The van der Waals surface area contributed by atoms with Crippen LogP contribution in [0.25, 0.3) is 0 Å². The minimum absolute atomic E-state index is 0.0644. The van der Waals surface area contributed by atoms with E-state index >= 15 is 0 Å². The summed E-state index contributed by atoms with van der Waals surface area (Å²) in [6, 6.07) is -0.560. The van der Waals surface area contributed by atoms with Crippen LogP contribution in [-0.4, -0.2) is 65.4 Å². The molecule has 4 amide bonds. The molecule has 0 radical (unpaired) electrons. The summed E-state index contributed by atoms with van der Waals surface area (Å²) < 4.78 is 0. The lowest BCUT2D eigenvalue weighted by Crippen LogP contribution is -2.42. The fourth-order valence-corrected chi connectivity index (χ4v) is 1.20.